The Labute approximate surface area is 112 Å². The summed E-state index contributed by atoms with van der Waals surface area (Å²) in [6, 6.07) is -0.796. The molecule has 0 saturated heterocycles. The van der Waals surface area contributed by atoms with Crippen LogP contribution in [-0.4, -0.2) is 47.2 Å². The second-order valence-electron chi connectivity index (χ2n) is 4.57. The first-order valence-electron chi connectivity index (χ1n) is 6.17. The number of thioether (sulfide) groups is 1. The molecule has 0 aromatic heterocycles. The van der Waals surface area contributed by atoms with Crippen molar-refractivity contribution >= 4 is 23.6 Å². The molecule has 18 heavy (non-hydrogen) atoms. The highest BCUT2D eigenvalue weighted by Gasteiger charge is 2.25. The number of carboxylic acids is 1. The average molecular weight is 275 g/mol. The number of carbonyl (C=O) groups is 2. The Morgan fingerprint density at radius 2 is 2.22 bits per heavy atom. The summed E-state index contributed by atoms with van der Waals surface area (Å²) in [4.78, 5) is 21.9. The van der Waals surface area contributed by atoms with E-state index in [1.807, 2.05) is 0 Å². The topological polar surface area (TPSA) is 75.6 Å². The molecule has 6 heteroatoms. The number of rotatable bonds is 6. The Bertz CT molecular complexity index is 298. The third-order valence-electron chi connectivity index (χ3n) is 3.09. The van der Waals surface area contributed by atoms with E-state index in [9.17, 15) is 9.59 Å². The summed E-state index contributed by atoms with van der Waals surface area (Å²) in [6.45, 7) is 1.34. The molecule has 0 aromatic rings. The molecule has 0 bridgehead atoms. The van der Waals surface area contributed by atoms with Crippen molar-refractivity contribution in [3.8, 4) is 0 Å². The molecule has 1 aliphatic rings. The van der Waals surface area contributed by atoms with Gasteiger partial charge in [-0.05, 0) is 25.7 Å². The minimum Gasteiger partial charge on any atom is -0.480 e. The normalized spacial score (nSPS) is 25.4. The summed E-state index contributed by atoms with van der Waals surface area (Å²) in [5.41, 5.74) is 0. The van der Waals surface area contributed by atoms with Crippen LogP contribution >= 0.6 is 11.8 Å². The number of hydrogen-bond acceptors (Lipinski definition) is 4. The number of hydrogen-bond donors (Lipinski definition) is 2. The number of ether oxygens (including phenoxy) is 1. The van der Waals surface area contributed by atoms with Crippen LogP contribution in [0.1, 0.15) is 32.6 Å². The van der Waals surface area contributed by atoms with E-state index in [1.165, 1.54) is 6.92 Å². The summed E-state index contributed by atoms with van der Waals surface area (Å²) in [5.74, 6) is -0.867. The summed E-state index contributed by atoms with van der Waals surface area (Å²) >= 11 is 1.62. The summed E-state index contributed by atoms with van der Waals surface area (Å²) in [6.07, 6.45) is 4.56. The average Bonchev–Trinajstić information content (AvgIpc) is 2.34. The number of carboxylic acid groups (broad SMARTS) is 1. The smallest absolute Gasteiger partial charge is 0.327 e. The van der Waals surface area contributed by atoms with Crippen molar-refractivity contribution in [3.05, 3.63) is 0 Å². The molecule has 1 fully saturated rings. The lowest BCUT2D eigenvalue weighted by Crippen LogP contribution is -2.42. The van der Waals surface area contributed by atoms with Gasteiger partial charge in [0, 0.05) is 25.0 Å². The predicted octanol–water partition coefficient (Wildman–Crippen LogP) is 1.27. The van der Waals surface area contributed by atoms with E-state index in [-0.39, 0.29) is 5.91 Å². The molecule has 1 amide bonds. The SMILES string of the molecule is COC1CCCC(SCC(NC(C)=O)C(=O)O)C1. The van der Waals surface area contributed by atoms with Crippen molar-refractivity contribution < 1.29 is 19.4 Å². The number of aliphatic carboxylic acids is 1. The molecule has 0 spiro atoms. The molecular weight excluding hydrogens is 254 g/mol. The van der Waals surface area contributed by atoms with Gasteiger partial charge in [-0.15, -0.1) is 0 Å². The minimum absolute atomic E-state index is 0.292. The third kappa shape index (κ3) is 5.27. The monoisotopic (exact) mass is 275 g/mol. The largest absolute Gasteiger partial charge is 0.480 e. The molecule has 3 unspecified atom stereocenters. The molecule has 104 valence electrons. The lowest BCUT2D eigenvalue weighted by Gasteiger charge is -2.28. The Morgan fingerprint density at radius 3 is 2.78 bits per heavy atom. The maximum absolute atomic E-state index is 11.0. The van der Waals surface area contributed by atoms with Crippen LogP contribution < -0.4 is 5.32 Å². The predicted molar refractivity (Wildman–Crippen MR) is 70.8 cm³/mol. The first kappa shape index (κ1) is 15.3. The van der Waals surface area contributed by atoms with Crippen LogP contribution in [0.25, 0.3) is 0 Å². The third-order valence-corrected chi connectivity index (χ3v) is 4.51. The molecule has 0 heterocycles. The highest BCUT2D eigenvalue weighted by atomic mass is 32.2. The molecule has 3 atom stereocenters. The molecule has 0 aliphatic heterocycles. The zero-order chi connectivity index (χ0) is 13.5. The first-order valence-corrected chi connectivity index (χ1v) is 7.22. The van der Waals surface area contributed by atoms with E-state index in [0.29, 0.717) is 17.1 Å². The van der Waals surface area contributed by atoms with E-state index < -0.39 is 12.0 Å². The second kappa shape index (κ2) is 7.63. The quantitative estimate of drug-likeness (QED) is 0.763. The Kier molecular flexibility index (Phi) is 6.49. The van der Waals surface area contributed by atoms with Crippen molar-refractivity contribution in [1.29, 1.82) is 0 Å². The minimum atomic E-state index is -0.975. The van der Waals surface area contributed by atoms with Crippen molar-refractivity contribution in [2.45, 2.75) is 50.0 Å². The molecule has 0 aromatic carbocycles. The van der Waals surface area contributed by atoms with Gasteiger partial charge in [-0.2, -0.15) is 11.8 Å². The second-order valence-corrected chi connectivity index (χ2v) is 5.90. The maximum Gasteiger partial charge on any atom is 0.327 e. The molecule has 0 radical (unpaired) electrons. The Hall–Kier alpha value is -0.750. The Balaban J connectivity index is 2.37. The van der Waals surface area contributed by atoms with Gasteiger partial charge in [-0.1, -0.05) is 0 Å². The lowest BCUT2D eigenvalue weighted by molar-refractivity contribution is -0.140. The Morgan fingerprint density at radius 1 is 1.50 bits per heavy atom. The van der Waals surface area contributed by atoms with Crippen LogP contribution in [0.2, 0.25) is 0 Å². The van der Waals surface area contributed by atoms with Crippen LogP contribution in [0.5, 0.6) is 0 Å². The number of carbonyl (C=O) groups excluding carboxylic acids is 1. The van der Waals surface area contributed by atoms with Gasteiger partial charge in [0.2, 0.25) is 5.91 Å². The van der Waals surface area contributed by atoms with E-state index in [4.69, 9.17) is 9.84 Å². The summed E-state index contributed by atoms with van der Waals surface area (Å²) < 4.78 is 5.34. The van der Waals surface area contributed by atoms with Crippen molar-refractivity contribution in [2.75, 3.05) is 12.9 Å². The van der Waals surface area contributed by atoms with Crippen LogP contribution in [0.3, 0.4) is 0 Å². The van der Waals surface area contributed by atoms with Gasteiger partial charge in [0.25, 0.3) is 0 Å². The van der Waals surface area contributed by atoms with Crippen molar-refractivity contribution in [2.24, 2.45) is 0 Å². The zero-order valence-electron chi connectivity index (χ0n) is 10.8. The van der Waals surface area contributed by atoms with Gasteiger partial charge in [0.15, 0.2) is 0 Å². The molecular formula is C12H21NO4S. The van der Waals surface area contributed by atoms with Gasteiger partial charge in [-0.25, -0.2) is 4.79 Å². The molecule has 1 aliphatic carbocycles. The number of nitrogens with one attached hydrogen (secondary N) is 1. The van der Waals surface area contributed by atoms with E-state index in [0.717, 1.165) is 25.7 Å². The summed E-state index contributed by atoms with van der Waals surface area (Å²) in [7, 11) is 1.72. The zero-order valence-corrected chi connectivity index (χ0v) is 11.7. The van der Waals surface area contributed by atoms with Gasteiger partial charge >= 0.3 is 5.97 Å². The highest BCUT2D eigenvalue weighted by Crippen LogP contribution is 2.30. The van der Waals surface area contributed by atoms with Crippen LogP contribution in [0, 0.1) is 0 Å². The van der Waals surface area contributed by atoms with E-state index in [2.05, 4.69) is 5.32 Å². The van der Waals surface area contributed by atoms with Gasteiger partial charge in [-0.3, -0.25) is 4.79 Å². The number of methoxy groups -OCH3 is 1. The van der Waals surface area contributed by atoms with Crippen molar-refractivity contribution in [3.63, 3.8) is 0 Å². The number of amides is 1. The van der Waals surface area contributed by atoms with Crippen LogP contribution in [0.4, 0.5) is 0 Å². The van der Waals surface area contributed by atoms with Crippen LogP contribution in [-0.2, 0) is 14.3 Å². The highest BCUT2D eigenvalue weighted by molar-refractivity contribution is 8.00. The fraction of sp³-hybridized carbons (Fsp3) is 0.833. The van der Waals surface area contributed by atoms with E-state index in [1.54, 1.807) is 18.9 Å². The van der Waals surface area contributed by atoms with E-state index >= 15 is 0 Å². The maximum atomic E-state index is 11.0. The summed E-state index contributed by atoms with van der Waals surface area (Å²) in [5, 5.41) is 11.9. The van der Waals surface area contributed by atoms with Gasteiger partial charge < -0.3 is 15.2 Å². The fourth-order valence-corrected chi connectivity index (χ4v) is 3.49. The molecule has 1 rings (SSSR count). The molecule has 2 N–H and O–H groups in total. The first-order chi connectivity index (χ1) is 8.52. The standard InChI is InChI=1S/C12H21NO4S/c1-8(14)13-11(12(15)16)7-18-10-5-3-4-9(6-10)17-2/h9-11H,3-7H2,1-2H3,(H,13,14)(H,15,16). The van der Waals surface area contributed by atoms with Crippen molar-refractivity contribution in [1.82, 2.24) is 5.32 Å². The van der Waals surface area contributed by atoms with Gasteiger partial charge in [0.1, 0.15) is 6.04 Å². The lowest BCUT2D eigenvalue weighted by atomic mass is 9.97. The molecule has 1 saturated carbocycles. The fourth-order valence-electron chi connectivity index (χ4n) is 2.12. The van der Waals surface area contributed by atoms with Crippen LogP contribution in [0.15, 0.2) is 0 Å². The molecule has 5 nitrogen and oxygen atoms in total. The van der Waals surface area contributed by atoms with Gasteiger partial charge in [0.05, 0.1) is 6.10 Å².